The molecule has 0 amide bonds. The first-order chi connectivity index (χ1) is 9.93. The van der Waals surface area contributed by atoms with Crippen LogP contribution in [0.5, 0.6) is 0 Å². The van der Waals surface area contributed by atoms with Crippen LogP contribution in [-0.2, 0) is 30.7 Å². The van der Waals surface area contributed by atoms with E-state index in [0.717, 1.165) is 5.56 Å². The number of carbonyl (C=O) groups excluding carboxylic acids is 1. The van der Waals surface area contributed by atoms with Gasteiger partial charge in [0.1, 0.15) is 9.86 Å². The van der Waals surface area contributed by atoms with Crippen LogP contribution in [0.3, 0.4) is 0 Å². The summed E-state index contributed by atoms with van der Waals surface area (Å²) in [6.45, 7) is 1.89. The van der Waals surface area contributed by atoms with Crippen LogP contribution in [0.25, 0.3) is 0 Å². The second-order valence-electron chi connectivity index (χ2n) is 4.58. The molecule has 21 heavy (non-hydrogen) atoms. The number of rotatable bonds is 9. The molecule has 0 aliphatic rings. The van der Waals surface area contributed by atoms with Gasteiger partial charge in [-0.1, -0.05) is 52.9 Å². The third-order valence-electron chi connectivity index (χ3n) is 2.66. The van der Waals surface area contributed by atoms with E-state index < -0.39 is 21.9 Å². The molecule has 5 nitrogen and oxygen atoms in total. The number of carbonyl (C=O) groups is 1. The maximum absolute atomic E-state index is 11.5. The Labute approximate surface area is 139 Å². The van der Waals surface area contributed by atoms with Crippen molar-refractivity contribution in [2.24, 2.45) is 0 Å². The van der Waals surface area contributed by atoms with Gasteiger partial charge in [0.15, 0.2) is 9.84 Å². The largest absolute Gasteiger partial charge is 0.460 e. The van der Waals surface area contributed by atoms with E-state index >= 15 is 0 Å². The Morgan fingerprint density at radius 1 is 1.29 bits per heavy atom. The van der Waals surface area contributed by atoms with Crippen LogP contribution in [0.2, 0.25) is 0 Å². The van der Waals surface area contributed by atoms with Crippen molar-refractivity contribution >= 4 is 38.4 Å². The van der Waals surface area contributed by atoms with Crippen LogP contribution in [0.15, 0.2) is 30.3 Å². The smallest absolute Gasteiger partial charge is 0.302 e. The summed E-state index contributed by atoms with van der Waals surface area (Å²) in [5, 5.41) is 0. The summed E-state index contributed by atoms with van der Waals surface area (Å²) < 4.78 is 33.7. The summed E-state index contributed by atoms with van der Waals surface area (Å²) >= 11 is 1.81. The van der Waals surface area contributed by atoms with Crippen molar-refractivity contribution in [2.75, 3.05) is 16.1 Å². The highest BCUT2D eigenvalue weighted by Gasteiger charge is 2.17. The normalized spacial score (nSPS) is 12.9. The third-order valence-corrected chi connectivity index (χ3v) is 6.70. The Morgan fingerprint density at radius 3 is 2.52 bits per heavy atom. The van der Waals surface area contributed by atoms with Crippen LogP contribution in [0.4, 0.5) is 0 Å². The zero-order valence-electron chi connectivity index (χ0n) is 11.8. The molecule has 1 atom stereocenters. The minimum atomic E-state index is -3.09. The standard InChI is InChI=1S/C14H19IO5S/c1-12(16)20-14(7-8-21(17,18)11-15)10-19-9-13-5-3-2-4-6-13/h2-6,14H,7-11H2,1H3. The summed E-state index contributed by atoms with van der Waals surface area (Å²) in [6, 6.07) is 9.60. The Morgan fingerprint density at radius 2 is 1.95 bits per heavy atom. The molecular formula is C14H19IO5S. The minimum absolute atomic E-state index is 0.0113. The first-order valence-electron chi connectivity index (χ1n) is 6.48. The highest BCUT2D eigenvalue weighted by atomic mass is 127. The van der Waals surface area contributed by atoms with Crippen molar-refractivity contribution in [3.63, 3.8) is 0 Å². The molecule has 0 aliphatic heterocycles. The van der Waals surface area contributed by atoms with Crippen molar-refractivity contribution in [3.8, 4) is 0 Å². The summed E-state index contributed by atoms with van der Waals surface area (Å²) in [4.78, 5) is 11.1. The molecular weight excluding hydrogens is 407 g/mol. The fraction of sp³-hybridized carbons (Fsp3) is 0.500. The lowest BCUT2D eigenvalue weighted by Gasteiger charge is -2.17. The lowest BCUT2D eigenvalue weighted by Crippen LogP contribution is -2.25. The van der Waals surface area contributed by atoms with Gasteiger partial charge in [0, 0.05) is 13.3 Å². The van der Waals surface area contributed by atoms with Crippen molar-refractivity contribution in [2.45, 2.75) is 26.1 Å². The molecule has 7 heteroatoms. The van der Waals surface area contributed by atoms with Gasteiger partial charge in [0.2, 0.25) is 0 Å². The molecule has 0 N–H and O–H groups in total. The van der Waals surface area contributed by atoms with E-state index in [1.807, 2.05) is 52.9 Å². The zero-order chi connectivity index (χ0) is 15.7. The quantitative estimate of drug-likeness (QED) is 0.345. The molecule has 0 fully saturated rings. The molecule has 0 heterocycles. The summed E-state index contributed by atoms with van der Waals surface area (Å²) in [7, 11) is -3.09. The number of alkyl halides is 1. The number of hydrogen-bond acceptors (Lipinski definition) is 5. The highest BCUT2D eigenvalue weighted by molar-refractivity contribution is 14.1. The van der Waals surface area contributed by atoms with E-state index in [4.69, 9.17) is 9.47 Å². The lowest BCUT2D eigenvalue weighted by molar-refractivity contribution is -0.149. The van der Waals surface area contributed by atoms with Gasteiger partial charge in [-0.25, -0.2) is 8.42 Å². The first kappa shape index (κ1) is 18.4. The predicted molar refractivity (Wildman–Crippen MR) is 88.9 cm³/mol. The topological polar surface area (TPSA) is 69.7 Å². The zero-order valence-corrected chi connectivity index (χ0v) is 14.8. The highest BCUT2D eigenvalue weighted by Crippen LogP contribution is 2.08. The van der Waals surface area contributed by atoms with Crippen molar-refractivity contribution in [1.82, 2.24) is 0 Å². The summed E-state index contributed by atoms with van der Waals surface area (Å²) in [5.74, 6) is -0.446. The Kier molecular flexibility index (Phi) is 8.20. The molecule has 1 aromatic carbocycles. The molecule has 0 spiro atoms. The number of hydrogen-bond donors (Lipinski definition) is 0. The summed E-state index contributed by atoms with van der Waals surface area (Å²) in [6.07, 6.45) is -0.288. The molecule has 118 valence electrons. The maximum atomic E-state index is 11.5. The van der Waals surface area contributed by atoms with E-state index in [9.17, 15) is 13.2 Å². The van der Waals surface area contributed by atoms with Crippen LogP contribution in [0.1, 0.15) is 18.9 Å². The van der Waals surface area contributed by atoms with Gasteiger partial charge < -0.3 is 9.47 Å². The average Bonchev–Trinajstić information content (AvgIpc) is 2.45. The molecule has 0 aliphatic carbocycles. The first-order valence-corrected chi connectivity index (χ1v) is 9.83. The molecule has 1 unspecified atom stereocenters. The fourth-order valence-corrected chi connectivity index (χ4v) is 3.32. The van der Waals surface area contributed by atoms with E-state index in [1.165, 1.54) is 6.92 Å². The second-order valence-corrected chi connectivity index (χ2v) is 8.56. The molecule has 0 bridgehead atoms. The third kappa shape index (κ3) is 8.37. The van der Waals surface area contributed by atoms with Gasteiger partial charge in [0.05, 0.1) is 19.0 Å². The van der Waals surface area contributed by atoms with Crippen molar-refractivity contribution in [1.29, 1.82) is 0 Å². The van der Waals surface area contributed by atoms with E-state index in [-0.39, 0.29) is 22.5 Å². The van der Waals surface area contributed by atoms with Gasteiger partial charge in [-0.15, -0.1) is 0 Å². The van der Waals surface area contributed by atoms with E-state index in [1.54, 1.807) is 0 Å². The lowest BCUT2D eigenvalue weighted by atomic mass is 10.2. The monoisotopic (exact) mass is 426 g/mol. The van der Waals surface area contributed by atoms with Crippen LogP contribution in [-0.4, -0.2) is 36.6 Å². The van der Waals surface area contributed by atoms with Gasteiger partial charge in [-0.2, -0.15) is 0 Å². The molecule has 0 aromatic heterocycles. The summed E-state index contributed by atoms with van der Waals surface area (Å²) in [5.41, 5.74) is 1.01. The minimum Gasteiger partial charge on any atom is -0.460 e. The Hall–Kier alpha value is -0.670. The Bertz CT molecular complexity index is 530. The van der Waals surface area contributed by atoms with Crippen molar-refractivity contribution in [3.05, 3.63) is 35.9 Å². The van der Waals surface area contributed by atoms with Crippen LogP contribution >= 0.6 is 22.6 Å². The van der Waals surface area contributed by atoms with Crippen LogP contribution < -0.4 is 0 Å². The van der Waals surface area contributed by atoms with Gasteiger partial charge >= 0.3 is 5.97 Å². The van der Waals surface area contributed by atoms with Crippen molar-refractivity contribution < 1.29 is 22.7 Å². The SMILES string of the molecule is CC(=O)OC(CCS(=O)(=O)CI)COCc1ccccc1. The average molecular weight is 426 g/mol. The number of halogens is 1. The van der Waals surface area contributed by atoms with E-state index in [2.05, 4.69) is 0 Å². The Balaban J connectivity index is 2.44. The van der Waals surface area contributed by atoms with Gasteiger partial charge in [0.25, 0.3) is 0 Å². The number of esters is 1. The number of benzene rings is 1. The molecule has 0 radical (unpaired) electrons. The van der Waals surface area contributed by atoms with Gasteiger partial charge in [-0.05, 0) is 5.56 Å². The predicted octanol–water partition coefficient (Wildman–Crippen LogP) is 2.33. The number of sulfone groups is 1. The molecule has 0 saturated carbocycles. The van der Waals surface area contributed by atoms with E-state index in [0.29, 0.717) is 6.61 Å². The van der Waals surface area contributed by atoms with Gasteiger partial charge in [-0.3, -0.25) is 4.79 Å². The number of ether oxygens (including phenoxy) is 2. The molecule has 1 aromatic rings. The molecule has 0 saturated heterocycles. The van der Waals surface area contributed by atoms with Crippen LogP contribution in [0, 0.1) is 0 Å². The molecule has 1 rings (SSSR count). The maximum Gasteiger partial charge on any atom is 0.302 e. The second kappa shape index (κ2) is 9.37. The fourth-order valence-electron chi connectivity index (χ4n) is 1.66.